The van der Waals surface area contributed by atoms with Crippen LogP contribution in [0.15, 0.2) is 48.7 Å². The maximum Gasteiger partial charge on any atom is 0.146 e. The van der Waals surface area contributed by atoms with Gasteiger partial charge >= 0.3 is 0 Å². The van der Waals surface area contributed by atoms with Crippen molar-refractivity contribution in [1.29, 1.82) is 0 Å². The summed E-state index contributed by atoms with van der Waals surface area (Å²) < 4.78 is 5.90. The third-order valence-electron chi connectivity index (χ3n) is 3.03. The van der Waals surface area contributed by atoms with Crippen molar-refractivity contribution in [3.05, 3.63) is 59.2 Å². The van der Waals surface area contributed by atoms with Gasteiger partial charge in [0.05, 0.1) is 10.5 Å². The van der Waals surface area contributed by atoms with Crippen LogP contribution >= 0.6 is 11.6 Å². The molecule has 0 aliphatic carbocycles. The Morgan fingerprint density at radius 2 is 1.90 bits per heavy atom. The number of benzene rings is 2. The van der Waals surface area contributed by atoms with E-state index in [0.717, 1.165) is 16.5 Å². The number of aromatic nitrogens is 1. The quantitative estimate of drug-likeness (QED) is 0.701. The van der Waals surface area contributed by atoms with Crippen LogP contribution in [0.1, 0.15) is 5.56 Å². The Bertz CT molecular complexity index is 787. The molecule has 2 aromatic carbocycles. The molecule has 2 N–H and O–H groups in total. The smallest absolute Gasteiger partial charge is 0.146 e. The topological polar surface area (TPSA) is 48.1 Å². The molecule has 1 aromatic heterocycles. The minimum Gasteiger partial charge on any atom is -0.455 e. The Hall–Kier alpha value is -2.26. The second-order valence-corrected chi connectivity index (χ2v) is 5.03. The number of hydrogen-bond acceptors (Lipinski definition) is 3. The maximum absolute atomic E-state index is 6.20. The molecule has 0 amide bonds. The monoisotopic (exact) mass is 284 g/mol. The van der Waals surface area contributed by atoms with Gasteiger partial charge in [-0.15, -0.1) is 0 Å². The highest BCUT2D eigenvalue weighted by Crippen LogP contribution is 2.33. The van der Waals surface area contributed by atoms with Crippen molar-refractivity contribution in [3.8, 4) is 11.5 Å². The first-order chi connectivity index (χ1) is 9.63. The van der Waals surface area contributed by atoms with Gasteiger partial charge in [0.1, 0.15) is 11.5 Å². The van der Waals surface area contributed by atoms with E-state index in [4.69, 9.17) is 22.1 Å². The maximum atomic E-state index is 6.20. The molecule has 3 rings (SSSR count). The molecule has 0 aliphatic heterocycles. The SMILES string of the molecule is Cc1ccc(Oc2ccnc3cc(N)ccc23)c(Cl)c1. The van der Waals surface area contributed by atoms with Gasteiger partial charge in [0.15, 0.2) is 0 Å². The van der Waals surface area contributed by atoms with E-state index in [1.807, 2.05) is 49.4 Å². The minimum absolute atomic E-state index is 0.588. The molecule has 0 saturated carbocycles. The summed E-state index contributed by atoms with van der Waals surface area (Å²) in [5.41, 5.74) is 8.33. The second kappa shape index (κ2) is 5.02. The molecule has 4 heteroatoms. The zero-order chi connectivity index (χ0) is 14.1. The molecule has 0 aliphatic rings. The lowest BCUT2D eigenvalue weighted by atomic mass is 10.2. The van der Waals surface area contributed by atoms with Crippen LogP contribution in [-0.2, 0) is 0 Å². The largest absolute Gasteiger partial charge is 0.455 e. The van der Waals surface area contributed by atoms with E-state index in [2.05, 4.69) is 4.98 Å². The van der Waals surface area contributed by atoms with Crippen molar-refractivity contribution in [1.82, 2.24) is 4.98 Å². The number of pyridine rings is 1. The van der Waals surface area contributed by atoms with Crippen molar-refractivity contribution in [2.24, 2.45) is 0 Å². The van der Waals surface area contributed by atoms with Gasteiger partial charge < -0.3 is 10.5 Å². The number of ether oxygens (including phenoxy) is 1. The lowest BCUT2D eigenvalue weighted by molar-refractivity contribution is 0.488. The normalized spacial score (nSPS) is 10.7. The van der Waals surface area contributed by atoms with E-state index in [-0.39, 0.29) is 0 Å². The van der Waals surface area contributed by atoms with Crippen LogP contribution in [0.3, 0.4) is 0 Å². The highest BCUT2D eigenvalue weighted by atomic mass is 35.5. The first-order valence-corrected chi connectivity index (χ1v) is 6.59. The summed E-state index contributed by atoms with van der Waals surface area (Å²) in [6.07, 6.45) is 1.69. The third kappa shape index (κ3) is 2.40. The lowest BCUT2D eigenvalue weighted by Gasteiger charge is -2.10. The molecule has 0 fully saturated rings. The van der Waals surface area contributed by atoms with Crippen molar-refractivity contribution in [2.75, 3.05) is 5.73 Å². The van der Waals surface area contributed by atoms with E-state index in [1.165, 1.54) is 0 Å². The van der Waals surface area contributed by atoms with Crippen molar-refractivity contribution in [2.45, 2.75) is 6.92 Å². The summed E-state index contributed by atoms with van der Waals surface area (Å²) in [6.45, 7) is 1.99. The van der Waals surface area contributed by atoms with Crippen LogP contribution in [-0.4, -0.2) is 4.98 Å². The number of fused-ring (bicyclic) bond motifs is 1. The predicted octanol–water partition coefficient (Wildman–Crippen LogP) is 4.57. The summed E-state index contributed by atoms with van der Waals surface area (Å²) in [6, 6.07) is 13.1. The molecular formula is C16H13ClN2O. The minimum atomic E-state index is 0.588. The summed E-state index contributed by atoms with van der Waals surface area (Å²) in [7, 11) is 0. The zero-order valence-electron chi connectivity index (χ0n) is 10.9. The van der Waals surface area contributed by atoms with Gasteiger partial charge in [-0.25, -0.2) is 0 Å². The fraction of sp³-hybridized carbons (Fsp3) is 0.0625. The fourth-order valence-electron chi connectivity index (χ4n) is 2.03. The Morgan fingerprint density at radius 3 is 2.70 bits per heavy atom. The Balaban J connectivity index is 2.06. The number of rotatable bonds is 2. The van der Waals surface area contributed by atoms with Gasteiger partial charge in [0.25, 0.3) is 0 Å². The van der Waals surface area contributed by atoms with Crippen LogP contribution in [0.25, 0.3) is 10.9 Å². The number of anilines is 1. The van der Waals surface area contributed by atoms with Gasteiger partial charge in [-0.3, -0.25) is 4.98 Å². The number of hydrogen-bond donors (Lipinski definition) is 1. The van der Waals surface area contributed by atoms with Crippen molar-refractivity contribution < 1.29 is 4.74 Å². The molecule has 20 heavy (non-hydrogen) atoms. The summed E-state index contributed by atoms with van der Waals surface area (Å²) in [5.74, 6) is 1.34. The van der Waals surface area contributed by atoms with E-state index in [0.29, 0.717) is 22.2 Å². The number of halogens is 1. The van der Waals surface area contributed by atoms with Gasteiger partial charge in [0, 0.05) is 17.3 Å². The molecule has 3 aromatic rings. The Kier molecular flexibility index (Phi) is 3.20. The highest BCUT2D eigenvalue weighted by molar-refractivity contribution is 6.32. The van der Waals surface area contributed by atoms with Crippen LogP contribution in [0, 0.1) is 6.92 Å². The summed E-state index contributed by atoms with van der Waals surface area (Å²) >= 11 is 6.20. The molecule has 0 spiro atoms. The van der Waals surface area contributed by atoms with Crippen LogP contribution in [0.4, 0.5) is 5.69 Å². The molecule has 0 radical (unpaired) electrons. The number of nitrogen functional groups attached to an aromatic ring is 1. The fourth-order valence-corrected chi connectivity index (χ4v) is 2.31. The molecule has 3 nitrogen and oxygen atoms in total. The molecule has 1 heterocycles. The highest BCUT2D eigenvalue weighted by Gasteiger charge is 2.07. The van der Waals surface area contributed by atoms with Crippen LogP contribution in [0.5, 0.6) is 11.5 Å². The Morgan fingerprint density at radius 1 is 1.05 bits per heavy atom. The first kappa shape index (κ1) is 12.8. The van der Waals surface area contributed by atoms with Crippen LogP contribution in [0.2, 0.25) is 5.02 Å². The van der Waals surface area contributed by atoms with E-state index >= 15 is 0 Å². The lowest BCUT2D eigenvalue weighted by Crippen LogP contribution is -1.90. The van der Waals surface area contributed by atoms with Gasteiger partial charge in [-0.1, -0.05) is 17.7 Å². The third-order valence-corrected chi connectivity index (χ3v) is 3.33. The number of nitrogens with zero attached hydrogens (tertiary/aromatic N) is 1. The average Bonchev–Trinajstić information content (AvgIpc) is 2.41. The molecule has 0 atom stereocenters. The number of aryl methyl sites for hydroxylation is 1. The van der Waals surface area contributed by atoms with Gasteiger partial charge in [0.2, 0.25) is 0 Å². The predicted molar refractivity (Wildman–Crippen MR) is 82.4 cm³/mol. The average molecular weight is 285 g/mol. The molecular weight excluding hydrogens is 272 g/mol. The molecule has 0 saturated heterocycles. The number of nitrogens with two attached hydrogens (primary N) is 1. The summed E-state index contributed by atoms with van der Waals surface area (Å²) in [4.78, 5) is 4.29. The molecule has 100 valence electrons. The van der Waals surface area contributed by atoms with Gasteiger partial charge in [-0.2, -0.15) is 0 Å². The molecule has 0 bridgehead atoms. The Labute approximate surface area is 122 Å². The zero-order valence-corrected chi connectivity index (χ0v) is 11.7. The summed E-state index contributed by atoms with van der Waals surface area (Å²) in [5, 5.41) is 1.49. The van der Waals surface area contributed by atoms with Crippen molar-refractivity contribution in [3.63, 3.8) is 0 Å². The van der Waals surface area contributed by atoms with E-state index in [9.17, 15) is 0 Å². The first-order valence-electron chi connectivity index (χ1n) is 6.22. The molecule has 0 unspecified atom stereocenters. The van der Waals surface area contributed by atoms with E-state index < -0.39 is 0 Å². The van der Waals surface area contributed by atoms with Gasteiger partial charge in [-0.05, 0) is 48.9 Å². The van der Waals surface area contributed by atoms with E-state index in [1.54, 1.807) is 6.20 Å². The van der Waals surface area contributed by atoms with Crippen LogP contribution < -0.4 is 10.5 Å². The standard InChI is InChI=1S/C16H13ClN2O/c1-10-2-5-16(13(17)8-10)20-15-6-7-19-14-9-11(18)3-4-12(14)15/h2-9H,18H2,1H3. The van der Waals surface area contributed by atoms with Crippen molar-refractivity contribution >= 4 is 28.2 Å². The second-order valence-electron chi connectivity index (χ2n) is 4.62.